The molecule has 1 fully saturated rings. The summed E-state index contributed by atoms with van der Waals surface area (Å²) in [5.41, 5.74) is -0.757. The minimum atomic E-state index is -1.26. The molecule has 1 heterocycles. The number of hydrogen-bond acceptors (Lipinski definition) is 3. The van der Waals surface area contributed by atoms with Gasteiger partial charge in [-0.25, -0.2) is 9.18 Å². The fraction of sp³-hybridized carbons (Fsp3) is 0.364. The number of carboxylic acid groups (broad SMARTS) is 1. The lowest BCUT2D eigenvalue weighted by Crippen LogP contribution is -2.56. The smallest absolute Gasteiger partial charge is 0.331 e. The highest BCUT2D eigenvalue weighted by atomic mass is 19.1. The van der Waals surface area contributed by atoms with Crippen molar-refractivity contribution in [2.45, 2.75) is 5.54 Å². The summed E-state index contributed by atoms with van der Waals surface area (Å²) >= 11 is 0. The Morgan fingerprint density at radius 3 is 2.62 bits per heavy atom. The molecule has 2 rings (SSSR count). The first-order valence-electron chi connectivity index (χ1n) is 4.97. The van der Waals surface area contributed by atoms with Gasteiger partial charge in [-0.15, -0.1) is 0 Å². The minimum absolute atomic E-state index is 0.0496. The number of carbonyl (C=O) groups is 1. The summed E-state index contributed by atoms with van der Waals surface area (Å²) < 4.78 is 18.0. The van der Waals surface area contributed by atoms with Gasteiger partial charge in [-0.05, 0) is 17.7 Å². The van der Waals surface area contributed by atoms with Crippen molar-refractivity contribution in [1.29, 1.82) is 0 Å². The van der Waals surface area contributed by atoms with E-state index in [-0.39, 0.29) is 12.4 Å². The van der Waals surface area contributed by atoms with Crippen LogP contribution in [0.3, 0.4) is 0 Å². The molecule has 1 aromatic carbocycles. The molecular formula is C11H12FNO3. The van der Waals surface area contributed by atoms with Gasteiger partial charge in [-0.2, -0.15) is 0 Å². The first-order chi connectivity index (χ1) is 7.65. The first kappa shape index (κ1) is 11.0. The molecule has 1 atom stereocenters. The standard InChI is InChI=1S/C11H12FNO3/c12-9-3-1-8(2-4-9)11(10(14)15)7-16-6-5-13-11/h1-4,13H,5-7H2,(H,14,15). The van der Waals surface area contributed by atoms with E-state index in [1.165, 1.54) is 24.3 Å². The van der Waals surface area contributed by atoms with Crippen LogP contribution >= 0.6 is 0 Å². The molecule has 1 aromatic rings. The summed E-state index contributed by atoms with van der Waals surface area (Å²) in [6.45, 7) is 0.994. The van der Waals surface area contributed by atoms with E-state index in [2.05, 4.69) is 5.32 Å². The van der Waals surface area contributed by atoms with Crippen LogP contribution in [-0.2, 0) is 15.1 Å². The molecular weight excluding hydrogens is 213 g/mol. The molecule has 0 saturated carbocycles. The Morgan fingerprint density at radius 1 is 1.44 bits per heavy atom. The Hall–Kier alpha value is -1.46. The van der Waals surface area contributed by atoms with Crippen molar-refractivity contribution in [3.63, 3.8) is 0 Å². The number of benzene rings is 1. The lowest BCUT2D eigenvalue weighted by atomic mass is 9.90. The highest BCUT2D eigenvalue weighted by Crippen LogP contribution is 2.24. The minimum Gasteiger partial charge on any atom is -0.480 e. The van der Waals surface area contributed by atoms with Gasteiger partial charge in [0.15, 0.2) is 5.54 Å². The zero-order chi connectivity index (χ0) is 11.6. The molecule has 0 amide bonds. The van der Waals surface area contributed by atoms with Crippen molar-refractivity contribution in [2.24, 2.45) is 0 Å². The van der Waals surface area contributed by atoms with Crippen LogP contribution in [0.1, 0.15) is 5.56 Å². The average Bonchev–Trinajstić information content (AvgIpc) is 2.30. The van der Waals surface area contributed by atoms with Crippen molar-refractivity contribution in [3.8, 4) is 0 Å². The molecule has 2 N–H and O–H groups in total. The zero-order valence-corrected chi connectivity index (χ0v) is 8.57. The van der Waals surface area contributed by atoms with Gasteiger partial charge in [0.25, 0.3) is 0 Å². The maximum atomic E-state index is 12.8. The van der Waals surface area contributed by atoms with Gasteiger partial charge in [0, 0.05) is 6.54 Å². The van der Waals surface area contributed by atoms with Gasteiger partial charge in [0.05, 0.1) is 13.2 Å². The summed E-state index contributed by atoms with van der Waals surface area (Å²) in [6, 6.07) is 5.42. The van der Waals surface area contributed by atoms with Crippen LogP contribution in [0.2, 0.25) is 0 Å². The third kappa shape index (κ3) is 1.79. The van der Waals surface area contributed by atoms with Crippen LogP contribution in [0.4, 0.5) is 4.39 Å². The summed E-state index contributed by atoms with van der Waals surface area (Å²) in [7, 11) is 0. The molecule has 4 nitrogen and oxygen atoms in total. The van der Waals surface area contributed by atoms with E-state index < -0.39 is 11.5 Å². The number of morpholine rings is 1. The molecule has 1 aliphatic heterocycles. The van der Waals surface area contributed by atoms with E-state index in [4.69, 9.17) is 4.74 Å². The summed E-state index contributed by atoms with van der Waals surface area (Å²) in [5.74, 6) is -1.40. The normalized spacial score (nSPS) is 25.3. The van der Waals surface area contributed by atoms with Gasteiger partial charge < -0.3 is 9.84 Å². The predicted molar refractivity (Wildman–Crippen MR) is 54.5 cm³/mol. The van der Waals surface area contributed by atoms with Crippen molar-refractivity contribution >= 4 is 5.97 Å². The van der Waals surface area contributed by atoms with E-state index in [0.717, 1.165) is 0 Å². The second kappa shape index (κ2) is 4.19. The van der Waals surface area contributed by atoms with Gasteiger partial charge in [0.2, 0.25) is 0 Å². The predicted octanol–water partition coefficient (Wildman–Crippen LogP) is 0.725. The second-order valence-electron chi connectivity index (χ2n) is 3.70. The molecule has 16 heavy (non-hydrogen) atoms. The second-order valence-corrected chi connectivity index (χ2v) is 3.70. The number of rotatable bonds is 2. The topological polar surface area (TPSA) is 58.6 Å². The molecule has 0 spiro atoms. The molecule has 0 radical (unpaired) electrons. The Balaban J connectivity index is 2.38. The van der Waals surface area contributed by atoms with Gasteiger partial charge in [0.1, 0.15) is 5.82 Å². The fourth-order valence-electron chi connectivity index (χ4n) is 1.79. The maximum absolute atomic E-state index is 12.8. The number of ether oxygens (including phenoxy) is 1. The number of halogens is 1. The fourth-order valence-corrected chi connectivity index (χ4v) is 1.79. The monoisotopic (exact) mass is 225 g/mol. The van der Waals surface area contributed by atoms with Gasteiger partial charge in [-0.3, -0.25) is 5.32 Å². The molecule has 1 saturated heterocycles. The van der Waals surface area contributed by atoms with E-state index in [1.807, 2.05) is 0 Å². The molecule has 5 heteroatoms. The average molecular weight is 225 g/mol. The van der Waals surface area contributed by atoms with Crippen LogP contribution in [0.25, 0.3) is 0 Å². The van der Waals surface area contributed by atoms with Crippen molar-refractivity contribution in [1.82, 2.24) is 5.32 Å². The SMILES string of the molecule is O=C(O)C1(c2ccc(F)cc2)COCCN1. The molecule has 86 valence electrons. The van der Waals surface area contributed by atoms with Crippen LogP contribution in [0.15, 0.2) is 24.3 Å². The molecule has 0 aliphatic carbocycles. The quantitative estimate of drug-likeness (QED) is 0.778. The molecule has 0 bridgehead atoms. The van der Waals surface area contributed by atoms with Crippen molar-refractivity contribution in [3.05, 3.63) is 35.6 Å². The number of aliphatic carboxylic acids is 1. The summed E-state index contributed by atoms with van der Waals surface area (Å²) in [4.78, 5) is 11.3. The van der Waals surface area contributed by atoms with Crippen LogP contribution in [0.5, 0.6) is 0 Å². The maximum Gasteiger partial charge on any atom is 0.331 e. The number of carboxylic acids is 1. The van der Waals surface area contributed by atoms with Gasteiger partial charge >= 0.3 is 5.97 Å². The number of hydrogen-bond donors (Lipinski definition) is 2. The zero-order valence-electron chi connectivity index (χ0n) is 8.57. The molecule has 0 aromatic heterocycles. The summed E-state index contributed by atoms with van der Waals surface area (Å²) in [6.07, 6.45) is 0. The van der Waals surface area contributed by atoms with E-state index in [1.54, 1.807) is 0 Å². The van der Waals surface area contributed by atoms with Crippen LogP contribution in [0, 0.1) is 5.82 Å². The third-order valence-corrected chi connectivity index (χ3v) is 2.69. The highest BCUT2D eigenvalue weighted by molar-refractivity contribution is 5.81. The van der Waals surface area contributed by atoms with Gasteiger partial charge in [-0.1, -0.05) is 12.1 Å². The summed E-state index contributed by atoms with van der Waals surface area (Å²) in [5, 5.41) is 12.2. The van der Waals surface area contributed by atoms with Crippen molar-refractivity contribution < 1.29 is 19.0 Å². The highest BCUT2D eigenvalue weighted by Gasteiger charge is 2.42. The Morgan fingerprint density at radius 2 is 2.12 bits per heavy atom. The van der Waals surface area contributed by atoms with Crippen LogP contribution in [-0.4, -0.2) is 30.8 Å². The molecule has 1 unspecified atom stereocenters. The number of nitrogens with one attached hydrogen (secondary N) is 1. The Kier molecular flexibility index (Phi) is 2.89. The lowest BCUT2D eigenvalue weighted by molar-refractivity contribution is -0.151. The third-order valence-electron chi connectivity index (χ3n) is 2.69. The van der Waals surface area contributed by atoms with E-state index in [0.29, 0.717) is 18.7 Å². The Labute approximate surface area is 92.0 Å². The van der Waals surface area contributed by atoms with Crippen molar-refractivity contribution in [2.75, 3.05) is 19.8 Å². The van der Waals surface area contributed by atoms with Crippen LogP contribution < -0.4 is 5.32 Å². The first-order valence-corrected chi connectivity index (χ1v) is 4.97. The molecule has 1 aliphatic rings. The lowest BCUT2D eigenvalue weighted by Gasteiger charge is -2.34. The van der Waals surface area contributed by atoms with E-state index >= 15 is 0 Å². The largest absolute Gasteiger partial charge is 0.480 e. The Bertz CT molecular complexity index is 385. The van der Waals surface area contributed by atoms with E-state index in [9.17, 15) is 14.3 Å².